The van der Waals surface area contributed by atoms with Crippen LogP contribution in [0.5, 0.6) is 5.75 Å². The van der Waals surface area contributed by atoms with E-state index in [1.165, 1.54) is 12.8 Å². The second kappa shape index (κ2) is 5.52. The zero-order valence-corrected chi connectivity index (χ0v) is 11.1. The van der Waals surface area contributed by atoms with E-state index in [1.807, 2.05) is 12.1 Å². The summed E-state index contributed by atoms with van der Waals surface area (Å²) in [6.07, 6.45) is 4.51. The zero-order chi connectivity index (χ0) is 12.3. The van der Waals surface area contributed by atoms with Crippen molar-refractivity contribution < 1.29 is 4.74 Å². The predicted molar refractivity (Wildman–Crippen MR) is 69.7 cm³/mol. The van der Waals surface area contributed by atoms with Gasteiger partial charge in [0.2, 0.25) is 0 Å². The van der Waals surface area contributed by atoms with E-state index < -0.39 is 0 Å². The normalized spacial score (nSPS) is 24.1. The van der Waals surface area contributed by atoms with E-state index in [0.717, 1.165) is 23.1 Å². The van der Waals surface area contributed by atoms with Crippen molar-refractivity contribution in [2.45, 2.75) is 37.8 Å². The van der Waals surface area contributed by atoms with E-state index in [0.29, 0.717) is 5.56 Å². The standard InChI is InChI=1S/C13H15BrN2O/c14-11-7-10(6-5-9(11)8-15)17-13-4-2-1-3-12(13)16/h5-7,12-13H,1-4,16H2. The SMILES string of the molecule is N#Cc1ccc(OC2CCCCC2N)cc1Br. The maximum atomic E-state index is 8.83. The molecule has 0 spiro atoms. The van der Waals surface area contributed by atoms with Crippen LogP contribution in [0.2, 0.25) is 0 Å². The number of hydrogen-bond acceptors (Lipinski definition) is 3. The third-order valence-electron chi connectivity index (χ3n) is 3.10. The van der Waals surface area contributed by atoms with Crippen molar-refractivity contribution in [1.29, 1.82) is 5.26 Å². The molecule has 2 atom stereocenters. The number of hydrogen-bond donors (Lipinski definition) is 1. The fourth-order valence-electron chi connectivity index (χ4n) is 2.11. The second-order valence-corrected chi connectivity index (χ2v) is 5.21. The third kappa shape index (κ3) is 2.99. The Balaban J connectivity index is 2.08. The molecule has 0 heterocycles. The van der Waals surface area contributed by atoms with E-state index in [2.05, 4.69) is 22.0 Å². The lowest BCUT2D eigenvalue weighted by Crippen LogP contribution is -2.41. The Labute approximate surface area is 110 Å². The van der Waals surface area contributed by atoms with Gasteiger partial charge >= 0.3 is 0 Å². The van der Waals surface area contributed by atoms with E-state index >= 15 is 0 Å². The lowest BCUT2D eigenvalue weighted by molar-refractivity contribution is 0.132. The van der Waals surface area contributed by atoms with Crippen molar-refractivity contribution in [3.63, 3.8) is 0 Å². The molecule has 17 heavy (non-hydrogen) atoms. The maximum Gasteiger partial charge on any atom is 0.121 e. The molecule has 1 aliphatic rings. The molecule has 0 amide bonds. The average Bonchev–Trinajstić information content (AvgIpc) is 2.32. The highest BCUT2D eigenvalue weighted by molar-refractivity contribution is 9.10. The molecule has 1 saturated carbocycles. The molecule has 3 nitrogen and oxygen atoms in total. The van der Waals surface area contributed by atoms with Gasteiger partial charge in [-0.05, 0) is 53.4 Å². The summed E-state index contributed by atoms with van der Waals surface area (Å²) >= 11 is 3.35. The van der Waals surface area contributed by atoms with Crippen LogP contribution in [-0.2, 0) is 0 Å². The Morgan fingerprint density at radius 3 is 2.76 bits per heavy atom. The minimum atomic E-state index is 0.101. The van der Waals surface area contributed by atoms with Gasteiger partial charge in [-0.25, -0.2) is 0 Å². The van der Waals surface area contributed by atoms with Crippen LogP contribution >= 0.6 is 15.9 Å². The number of ether oxygens (including phenoxy) is 1. The predicted octanol–water partition coefficient (Wildman–Crippen LogP) is 2.97. The molecule has 90 valence electrons. The van der Waals surface area contributed by atoms with Crippen LogP contribution in [0.15, 0.2) is 22.7 Å². The monoisotopic (exact) mass is 294 g/mol. The van der Waals surface area contributed by atoms with Crippen molar-refractivity contribution in [3.05, 3.63) is 28.2 Å². The Hall–Kier alpha value is -1.05. The molecule has 2 N–H and O–H groups in total. The Morgan fingerprint density at radius 2 is 2.12 bits per heavy atom. The summed E-state index contributed by atoms with van der Waals surface area (Å²) in [5.41, 5.74) is 6.65. The van der Waals surface area contributed by atoms with Gasteiger partial charge in [0.1, 0.15) is 17.9 Å². The summed E-state index contributed by atoms with van der Waals surface area (Å²) < 4.78 is 6.65. The van der Waals surface area contributed by atoms with Gasteiger partial charge < -0.3 is 10.5 Å². The molecule has 0 saturated heterocycles. The van der Waals surface area contributed by atoms with Crippen molar-refractivity contribution in [3.8, 4) is 11.8 Å². The number of nitrogens with zero attached hydrogens (tertiary/aromatic N) is 1. The summed E-state index contributed by atoms with van der Waals surface area (Å²) in [7, 11) is 0. The van der Waals surface area contributed by atoms with Crippen molar-refractivity contribution in [2.75, 3.05) is 0 Å². The zero-order valence-electron chi connectivity index (χ0n) is 9.53. The highest BCUT2D eigenvalue weighted by Gasteiger charge is 2.23. The van der Waals surface area contributed by atoms with Gasteiger partial charge in [0.15, 0.2) is 0 Å². The topological polar surface area (TPSA) is 59.0 Å². The molecule has 0 bridgehead atoms. The van der Waals surface area contributed by atoms with Crippen LogP contribution in [0.25, 0.3) is 0 Å². The molecule has 0 radical (unpaired) electrons. The van der Waals surface area contributed by atoms with Gasteiger partial charge in [-0.1, -0.05) is 6.42 Å². The van der Waals surface area contributed by atoms with Crippen LogP contribution in [0, 0.1) is 11.3 Å². The highest BCUT2D eigenvalue weighted by atomic mass is 79.9. The van der Waals surface area contributed by atoms with Gasteiger partial charge in [0.05, 0.1) is 5.56 Å². The number of halogens is 1. The van der Waals surface area contributed by atoms with Gasteiger partial charge in [-0.15, -0.1) is 0 Å². The van der Waals surface area contributed by atoms with Crippen LogP contribution in [0.4, 0.5) is 0 Å². The first-order valence-corrected chi connectivity index (χ1v) is 6.62. The molecular formula is C13H15BrN2O. The fraction of sp³-hybridized carbons (Fsp3) is 0.462. The quantitative estimate of drug-likeness (QED) is 0.912. The minimum absolute atomic E-state index is 0.101. The highest BCUT2D eigenvalue weighted by Crippen LogP contribution is 2.26. The third-order valence-corrected chi connectivity index (χ3v) is 3.76. The number of nitrogens with two attached hydrogens (primary N) is 1. The molecule has 1 aromatic carbocycles. The molecule has 1 fully saturated rings. The second-order valence-electron chi connectivity index (χ2n) is 4.36. The fourth-order valence-corrected chi connectivity index (χ4v) is 2.55. The maximum absolute atomic E-state index is 8.83. The van der Waals surface area contributed by atoms with Gasteiger partial charge in [-0.2, -0.15) is 5.26 Å². The summed E-state index contributed by atoms with van der Waals surface area (Å²) in [4.78, 5) is 0. The minimum Gasteiger partial charge on any atom is -0.489 e. The average molecular weight is 295 g/mol. The number of nitriles is 1. The lowest BCUT2D eigenvalue weighted by atomic mass is 9.93. The Bertz CT molecular complexity index is 442. The first-order chi connectivity index (χ1) is 8.20. The van der Waals surface area contributed by atoms with Gasteiger partial charge in [-0.3, -0.25) is 0 Å². The van der Waals surface area contributed by atoms with Crippen LogP contribution in [-0.4, -0.2) is 12.1 Å². The first kappa shape index (κ1) is 12.4. The van der Waals surface area contributed by atoms with Gasteiger partial charge in [0, 0.05) is 10.5 Å². The van der Waals surface area contributed by atoms with E-state index in [4.69, 9.17) is 15.7 Å². The molecule has 2 rings (SSSR count). The largest absolute Gasteiger partial charge is 0.489 e. The number of benzene rings is 1. The molecule has 2 unspecified atom stereocenters. The Morgan fingerprint density at radius 1 is 1.35 bits per heavy atom. The van der Waals surface area contributed by atoms with Crippen molar-refractivity contribution in [1.82, 2.24) is 0 Å². The van der Waals surface area contributed by atoms with Crippen LogP contribution < -0.4 is 10.5 Å². The van der Waals surface area contributed by atoms with Crippen molar-refractivity contribution in [2.24, 2.45) is 5.73 Å². The molecular weight excluding hydrogens is 280 g/mol. The molecule has 1 aliphatic carbocycles. The lowest BCUT2D eigenvalue weighted by Gasteiger charge is -2.29. The van der Waals surface area contributed by atoms with Crippen LogP contribution in [0.1, 0.15) is 31.2 Å². The summed E-state index contributed by atoms with van der Waals surface area (Å²) in [5.74, 6) is 0.776. The number of rotatable bonds is 2. The molecule has 0 aliphatic heterocycles. The summed E-state index contributed by atoms with van der Waals surface area (Å²) in [6.45, 7) is 0. The smallest absolute Gasteiger partial charge is 0.121 e. The van der Waals surface area contributed by atoms with E-state index in [1.54, 1.807) is 6.07 Å². The summed E-state index contributed by atoms with van der Waals surface area (Å²) in [5, 5.41) is 8.83. The first-order valence-electron chi connectivity index (χ1n) is 5.82. The van der Waals surface area contributed by atoms with Gasteiger partial charge in [0.25, 0.3) is 0 Å². The summed E-state index contributed by atoms with van der Waals surface area (Å²) in [6, 6.07) is 7.65. The van der Waals surface area contributed by atoms with Crippen LogP contribution in [0.3, 0.4) is 0 Å². The van der Waals surface area contributed by atoms with E-state index in [9.17, 15) is 0 Å². The molecule has 1 aromatic rings. The molecule has 0 aromatic heterocycles. The van der Waals surface area contributed by atoms with Crippen molar-refractivity contribution >= 4 is 15.9 Å². The Kier molecular flexibility index (Phi) is 4.03. The van der Waals surface area contributed by atoms with E-state index in [-0.39, 0.29) is 12.1 Å². The molecule has 4 heteroatoms.